The van der Waals surface area contributed by atoms with Crippen molar-refractivity contribution in [2.24, 2.45) is 0 Å². The van der Waals surface area contributed by atoms with Crippen molar-refractivity contribution in [2.75, 3.05) is 44.1 Å². The molecule has 4 nitrogen and oxygen atoms in total. The molecule has 1 amide bonds. The molecule has 1 aromatic heterocycles. The van der Waals surface area contributed by atoms with E-state index < -0.39 is 0 Å². The van der Waals surface area contributed by atoms with Crippen LogP contribution in [0.3, 0.4) is 0 Å². The lowest BCUT2D eigenvalue weighted by Gasteiger charge is -2.22. The summed E-state index contributed by atoms with van der Waals surface area (Å²) in [6.45, 7) is 1.47. The van der Waals surface area contributed by atoms with E-state index in [0.717, 1.165) is 39.0 Å². The van der Waals surface area contributed by atoms with Gasteiger partial charge in [-0.3, -0.25) is 9.69 Å². The second kappa shape index (κ2) is 11.0. The Morgan fingerprint density at radius 2 is 1.86 bits per heavy atom. The Labute approximate surface area is 185 Å². The van der Waals surface area contributed by atoms with Gasteiger partial charge in [0, 0.05) is 29.3 Å². The van der Waals surface area contributed by atoms with Crippen LogP contribution in [0.5, 0.6) is 0 Å². The van der Waals surface area contributed by atoms with E-state index in [4.69, 9.17) is 4.98 Å². The summed E-state index contributed by atoms with van der Waals surface area (Å²) in [4.78, 5) is 24.3. The van der Waals surface area contributed by atoms with Gasteiger partial charge in [-0.2, -0.15) is 0 Å². The van der Waals surface area contributed by atoms with Gasteiger partial charge in [0.15, 0.2) is 5.13 Å². The van der Waals surface area contributed by atoms with Crippen LogP contribution < -0.4 is 4.90 Å². The van der Waals surface area contributed by atoms with Crippen molar-refractivity contribution in [3.05, 3.63) is 48.5 Å². The molecule has 29 heavy (non-hydrogen) atoms. The van der Waals surface area contributed by atoms with Crippen LogP contribution in [0.25, 0.3) is 10.2 Å². The van der Waals surface area contributed by atoms with E-state index in [-0.39, 0.29) is 5.91 Å². The highest BCUT2D eigenvalue weighted by atomic mass is 32.2. The largest absolute Gasteiger partial charge is 0.308 e. The molecule has 0 aliphatic rings. The van der Waals surface area contributed by atoms with E-state index in [1.807, 2.05) is 37.2 Å². The van der Waals surface area contributed by atoms with Crippen LogP contribution in [-0.4, -0.2) is 55.0 Å². The zero-order valence-corrected chi connectivity index (χ0v) is 19.6. The van der Waals surface area contributed by atoms with Gasteiger partial charge in [0.25, 0.3) is 0 Å². The topological polar surface area (TPSA) is 36.4 Å². The number of benzene rings is 2. The first kappa shape index (κ1) is 22.2. The molecular weight excluding hydrogens is 418 g/mol. The van der Waals surface area contributed by atoms with Crippen molar-refractivity contribution in [2.45, 2.75) is 22.6 Å². The SMILES string of the molecule is CSc1cccc2sc(N(CCN(C)C)C(=O)CCCSc3ccccc3)nc12. The normalized spacial score (nSPS) is 11.3. The second-order valence-electron chi connectivity index (χ2n) is 6.92. The molecule has 0 aliphatic heterocycles. The van der Waals surface area contributed by atoms with Crippen molar-refractivity contribution in [3.8, 4) is 0 Å². The number of nitrogens with zero attached hydrogens (tertiary/aromatic N) is 3. The molecule has 0 atom stereocenters. The number of amides is 1. The number of aromatic nitrogens is 1. The van der Waals surface area contributed by atoms with Gasteiger partial charge in [0.1, 0.15) is 0 Å². The van der Waals surface area contributed by atoms with Gasteiger partial charge in [0.05, 0.1) is 10.2 Å². The first-order valence-electron chi connectivity index (χ1n) is 9.65. The number of carbonyl (C=O) groups is 1. The molecule has 0 bridgehead atoms. The van der Waals surface area contributed by atoms with Gasteiger partial charge in [-0.15, -0.1) is 23.5 Å². The first-order valence-corrected chi connectivity index (χ1v) is 12.7. The van der Waals surface area contributed by atoms with Crippen LogP contribution >= 0.6 is 34.9 Å². The minimum atomic E-state index is 0.158. The maximum atomic E-state index is 13.1. The van der Waals surface area contributed by atoms with E-state index in [2.05, 4.69) is 41.5 Å². The van der Waals surface area contributed by atoms with Crippen molar-refractivity contribution in [1.82, 2.24) is 9.88 Å². The van der Waals surface area contributed by atoms with E-state index in [9.17, 15) is 4.79 Å². The van der Waals surface area contributed by atoms with E-state index >= 15 is 0 Å². The Kier molecular flexibility index (Phi) is 8.41. The molecule has 3 aromatic rings. The Balaban J connectivity index is 1.68. The predicted molar refractivity (Wildman–Crippen MR) is 129 cm³/mol. The Bertz CT molecular complexity index is 927. The molecular formula is C22H27N3OS3. The molecule has 0 saturated heterocycles. The minimum absolute atomic E-state index is 0.158. The summed E-state index contributed by atoms with van der Waals surface area (Å²) in [5.74, 6) is 1.10. The average molecular weight is 446 g/mol. The lowest BCUT2D eigenvalue weighted by atomic mass is 10.3. The second-order valence-corrected chi connectivity index (χ2v) is 9.94. The average Bonchev–Trinajstić information content (AvgIpc) is 3.15. The van der Waals surface area contributed by atoms with Crippen LogP contribution in [-0.2, 0) is 4.79 Å². The van der Waals surface area contributed by atoms with E-state index in [1.54, 1.807) is 34.9 Å². The van der Waals surface area contributed by atoms with Crippen LogP contribution in [0.15, 0.2) is 58.3 Å². The maximum Gasteiger partial charge on any atom is 0.228 e. The molecule has 1 heterocycles. The number of carbonyl (C=O) groups excluding carboxylic acids is 1. The van der Waals surface area contributed by atoms with Crippen molar-refractivity contribution in [1.29, 1.82) is 0 Å². The van der Waals surface area contributed by atoms with Gasteiger partial charge < -0.3 is 4.90 Å². The van der Waals surface area contributed by atoms with Crippen molar-refractivity contribution < 1.29 is 4.79 Å². The summed E-state index contributed by atoms with van der Waals surface area (Å²) >= 11 is 5.10. The maximum absolute atomic E-state index is 13.1. The number of anilines is 1. The van der Waals surface area contributed by atoms with E-state index in [1.165, 1.54) is 4.90 Å². The van der Waals surface area contributed by atoms with Gasteiger partial charge in [-0.05, 0) is 56.8 Å². The van der Waals surface area contributed by atoms with Crippen molar-refractivity contribution in [3.63, 3.8) is 0 Å². The monoisotopic (exact) mass is 445 g/mol. The number of likely N-dealkylation sites (N-methyl/N-ethyl adjacent to an activating group) is 1. The fraction of sp³-hybridized carbons (Fsp3) is 0.364. The zero-order valence-electron chi connectivity index (χ0n) is 17.1. The highest BCUT2D eigenvalue weighted by Gasteiger charge is 2.20. The smallest absolute Gasteiger partial charge is 0.228 e. The lowest BCUT2D eigenvalue weighted by Crippen LogP contribution is -2.36. The molecule has 0 N–H and O–H groups in total. The number of thioether (sulfide) groups is 2. The third kappa shape index (κ3) is 6.22. The van der Waals surface area contributed by atoms with Crippen LogP contribution in [0, 0.1) is 0 Å². The number of rotatable bonds is 10. The van der Waals surface area contributed by atoms with Crippen LogP contribution in [0.1, 0.15) is 12.8 Å². The zero-order chi connectivity index (χ0) is 20.6. The third-order valence-corrected chi connectivity index (χ3v) is 7.35. The molecule has 0 unspecified atom stereocenters. The van der Waals surface area contributed by atoms with E-state index in [0.29, 0.717) is 13.0 Å². The Hall–Kier alpha value is -1.54. The summed E-state index contributed by atoms with van der Waals surface area (Å²) < 4.78 is 1.13. The number of hydrogen-bond acceptors (Lipinski definition) is 6. The van der Waals surface area contributed by atoms with Gasteiger partial charge >= 0.3 is 0 Å². The number of thiazole rings is 1. The van der Waals surface area contributed by atoms with Gasteiger partial charge in [-0.1, -0.05) is 35.6 Å². The third-order valence-electron chi connectivity index (χ3n) is 4.44. The molecule has 0 radical (unpaired) electrons. The fourth-order valence-corrected chi connectivity index (χ4v) is 5.42. The Morgan fingerprint density at radius 1 is 1.07 bits per heavy atom. The van der Waals surface area contributed by atoms with Gasteiger partial charge in [0.2, 0.25) is 5.91 Å². The number of para-hydroxylation sites is 1. The lowest BCUT2D eigenvalue weighted by molar-refractivity contribution is -0.118. The highest BCUT2D eigenvalue weighted by molar-refractivity contribution is 7.99. The standard InChI is InChI=1S/C22H27N3OS3/c1-24(2)14-15-25(20(26)13-8-16-28-17-9-5-4-6-10-17)22-23-21-18(27-3)11-7-12-19(21)29-22/h4-7,9-12H,8,13-16H2,1-3H3. The summed E-state index contributed by atoms with van der Waals surface area (Å²) in [6.07, 6.45) is 3.46. The summed E-state index contributed by atoms with van der Waals surface area (Å²) in [5.41, 5.74) is 1.00. The quantitative estimate of drug-likeness (QED) is 0.305. The molecule has 0 saturated carbocycles. The van der Waals surface area contributed by atoms with Gasteiger partial charge in [-0.25, -0.2) is 4.98 Å². The fourth-order valence-electron chi connectivity index (χ4n) is 2.88. The molecule has 154 valence electrons. The van der Waals surface area contributed by atoms with Crippen molar-refractivity contribution >= 4 is 56.1 Å². The molecule has 2 aromatic carbocycles. The number of fused-ring (bicyclic) bond motifs is 1. The molecule has 7 heteroatoms. The molecule has 3 rings (SSSR count). The minimum Gasteiger partial charge on any atom is -0.308 e. The van der Waals surface area contributed by atoms with Crippen LogP contribution in [0.4, 0.5) is 5.13 Å². The molecule has 0 fully saturated rings. The highest BCUT2D eigenvalue weighted by Crippen LogP contribution is 2.34. The summed E-state index contributed by atoms with van der Waals surface area (Å²) in [7, 11) is 4.06. The Morgan fingerprint density at radius 3 is 2.59 bits per heavy atom. The molecule has 0 aliphatic carbocycles. The molecule has 0 spiro atoms. The predicted octanol–water partition coefficient (Wildman–Crippen LogP) is 5.49. The summed E-state index contributed by atoms with van der Waals surface area (Å²) in [6, 6.07) is 16.6. The van der Waals surface area contributed by atoms with Crippen LogP contribution in [0.2, 0.25) is 0 Å². The summed E-state index contributed by atoms with van der Waals surface area (Å²) in [5, 5.41) is 0.809. The first-order chi connectivity index (χ1) is 14.1. The number of hydrogen-bond donors (Lipinski definition) is 0.